The van der Waals surface area contributed by atoms with Crippen LogP contribution in [0.5, 0.6) is 0 Å². The van der Waals surface area contributed by atoms with Crippen molar-refractivity contribution in [3.05, 3.63) is 15.5 Å². The third-order valence-electron chi connectivity index (χ3n) is 0.779. The maximum absolute atomic E-state index is 8.21. The number of nitrogens with one attached hydrogen (secondary N) is 1. The summed E-state index contributed by atoms with van der Waals surface area (Å²) in [4.78, 5) is 4.69. The normalized spacial score (nSPS) is 10.0. The number of thiazole rings is 1. The Bertz CT molecular complexity index is 190. The first-order chi connectivity index (χ1) is 4.33. The van der Waals surface area contributed by atoms with Crippen LogP contribution in [0.3, 0.4) is 0 Å². The molecule has 0 aromatic carbocycles. The van der Waals surface area contributed by atoms with E-state index >= 15 is 0 Å². The van der Waals surface area contributed by atoms with Gasteiger partial charge >= 0.3 is 0 Å². The first-order valence-electron chi connectivity index (χ1n) is 2.30. The summed E-state index contributed by atoms with van der Waals surface area (Å²) in [7, 11) is 0. The average Bonchev–Trinajstić information content (AvgIpc) is 2.17. The maximum atomic E-state index is 8.21. The molecule has 0 aliphatic carbocycles. The fourth-order valence-electron chi connectivity index (χ4n) is 0.443. The van der Waals surface area contributed by atoms with Crippen molar-refractivity contribution in [3.63, 3.8) is 0 Å². The number of hydroxylamine groups is 1. The zero-order chi connectivity index (χ0) is 6.69. The highest BCUT2D eigenvalue weighted by Crippen LogP contribution is 2.16. The van der Waals surface area contributed by atoms with E-state index in [1.165, 1.54) is 11.3 Å². The smallest absolute Gasteiger partial charge is 0.183 e. The van der Waals surface area contributed by atoms with Crippen LogP contribution in [-0.2, 0) is 6.54 Å². The van der Waals surface area contributed by atoms with Crippen LogP contribution in [-0.4, -0.2) is 10.2 Å². The molecule has 1 heterocycles. The molecule has 0 saturated heterocycles. The van der Waals surface area contributed by atoms with Crippen LogP contribution >= 0.6 is 22.9 Å². The molecule has 0 unspecified atom stereocenters. The Morgan fingerprint density at radius 1 is 1.89 bits per heavy atom. The summed E-state index contributed by atoms with van der Waals surface area (Å²) in [5, 5.41) is 8.21. The fourth-order valence-corrected chi connectivity index (χ4v) is 1.35. The molecule has 0 radical (unpaired) electrons. The lowest BCUT2D eigenvalue weighted by Crippen LogP contribution is -2.03. The SMILES string of the molecule is ONCc1cnc(Cl)s1. The van der Waals surface area contributed by atoms with Gasteiger partial charge in [0.1, 0.15) is 0 Å². The molecular weight excluding hydrogens is 160 g/mol. The van der Waals surface area contributed by atoms with E-state index in [1.54, 1.807) is 6.20 Å². The predicted molar refractivity (Wildman–Crippen MR) is 35.8 cm³/mol. The third kappa shape index (κ3) is 1.91. The molecule has 0 bridgehead atoms. The fraction of sp³-hybridized carbons (Fsp3) is 0.250. The second-order valence-corrected chi connectivity index (χ2v) is 3.11. The van der Waals surface area contributed by atoms with E-state index in [9.17, 15) is 0 Å². The molecule has 0 atom stereocenters. The standard InChI is InChI=1S/C4H5ClN2OS/c5-4-6-1-3(9-4)2-7-8/h1,7-8H,2H2. The van der Waals surface area contributed by atoms with Crippen LogP contribution in [0.4, 0.5) is 0 Å². The van der Waals surface area contributed by atoms with Crippen molar-refractivity contribution in [2.75, 3.05) is 0 Å². The molecule has 0 spiro atoms. The second-order valence-electron chi connectivity index (χ2n) is 1.41. The molecule has 5 heteroatoms. The lowest BCUT2D eigenvalue weighted by atomic mass is 10.6. The summed E-state index contributed by atoms with van der Waals surface area (Å²) >= 11 is 6.84. The molecule has 3 nitrogen and oxygen atoms in total. The lowest BCUT2D eigenvalue weighted by Gasteiger charge is -1.87. The maximum Gasteiger partial charge on any atom is 0.183 e. The summed E-state index contributed by atoms with van der Waals surface area (Å²) < 4.78 is 0.500. The summed E-state index contributed by atoms with van der Waals surface area (Å²) in [5.74, 6) is 0. The monoisotopic (exact) mass is 164 g/mol. The number of hydrogen-bond donors (Lipinski definition) is 2. The van der Waals surface area contributed by atoms with E-state index in [2.05, 4.69) is 4.98 Å². The minimum Gasteiger partial charge on any atom is -0.316 e. The lowest BCUT2D eigenvalue weighted by molar-refractivity contribution is 0.162. The van der Waals surface area contributed by atoms with Crippen LogP contribution in [0.2, 0.25) is 4.47 Å². The molecule has 0 saturated carbocycles. The van der Waals surface area contributed by atoms with Gasteiger partial charge < -0.3 is 5.21 Å². The van der Waals surface area contributed by atoms with E-state index < -0.39 is 0 Å². The first-order valence-corrected chi connectivity index (χ1v) is 3.49. The highest BCUT2D eigenvalue weighted by atomic mass is 35.5. The van der Waals surface area contributed by atoms with Crippen molar-refractivity contribution in [2.24, 2.45) is 0 Å². The molecule has 1 aromatic rings. The van der Waals surface area contributed by atoms with Gasteiger partial charge in [0.2, 0.25) is 0 Å². The van der Waals surface area contributed by atoms with E-state index in [4.69, 9.17) is 16.8 Å². The zero-order valence-electron chi connectivity index (χ0n) is 4.47. The van der Waals surface area contributed by atoms with Gasteiger partial charge in [0.25, 0.3) is 0 Å². The highest BCUT2D eigenvalue weighted by molar-refractivity contribution is 7.15. The first kappa shape index (κ1) is 6.95. The van der Waals surface area contributed by atoms with Gasteiger partial charge in [-0.3, -0.25) is 0 Å². The van der Waals surface area contributed by atoms with Gasteiger partial charge in [-0.1, -0.05) is 11.6 Å². The van der Waals surface area contributed by atoms with Crippen LogP contribution in [0.15, 0.2) is 6.20 Å². The predicted octanol–water partition coefficient (Wildman–Crippen LogP) is 1.28. The van der Waals surface area contributed by atoms with Crippen LogP contribution in [0.25, 0.3) is 0 Å². The van der Waals surface area contributed by atoms with E-state index in [0.717, 1.165) is 4.88 Å². The van der Waals surface area contributed by atoms with Gasteiger partial charge in [-0.25, -0.2) is 10.5 Å². The van der Waals surface area contributed by atoms with Crippen molar-refractivity contribution < 1.29 is 5.21 Å². The minimum absolute atomic E-state index is 0.407. The van der Waals surface area contributed by atoms with Crippen molar-refractivity contribution in [2.45, 2.75) is 6.54 Å². The van der Waals surface area contributed by atoms with E-state index in [-0.39, 0.29) is 0 Å². The largest absolute Gasteiger partial charge is 0.316 e. The number of hydrogen-bond acceptors (Lipinski definition) is 4. The molecule has 9 heavy (non-hydrogen) atoms. The van der Waals surface area contributed by atoms with Crippen LogP contribution in [0, 0.1) is 0 Å². The Morgan fingerprint density at radius 2 is 2.67 bits per heavy atom. The molecule has 1 rings (SSSR count). The van der Waals surface area contributed by atoms with Gasteiger partial charge in [-0.2, -0.15) is 0 Å². The summed E-state index contributed by atoms with van der Waals surface area (Å²) in [6, 6.07) is 0. The van der Waals surface area contributed by atoms with Gasteiger partial charge in [-0.05, 0) is 0 Å². The van der Waals surface area contributed by atoms with Crippen molar-refractivity contribution in [1.29, 1.82) is 0 Å². The van der Waals surface area contributed by atoms with Crippen LogP contribution < -0.4 is 5.48 Å². The number of rotatable bonds is 2. The van der Waals surface area contributed by atoms with Gasteiger partial charge in [0.15, 0.2) is 4.47 Å². The second kappa shape index (κ2) is 3.12. The Labute approximate surface area is 61.3 Å². The van der Waals surface area contributed by atoms with Crippen LogP contribution in [0.1, 0.15) is 4.88 Å². The quantitative estimate of drug-likeness (QED) is 0.648. The minimum atomic E-state index is 0.407. The van der Waals surface area contributed by atoms with Crippen molar-refractivity contribution in [1.82, 2.24) is 10.5 Å². The molecule has 0 aliphatic rings. The van der Waals surface area contributed by atoms with Crippen molar-refractivity contribution in [3.8, 4) is 0 Å². The van der Waals surface area contributed by atoms with Gasteiger partial charge in [-0.15, -0.1) is 11.3 Å². The average molecular weight is 165 g/mol. The third-order valence-corrected chi connectivity index (χ3v) is 1.89. The molecule has 0 amide bonds. The van der Waals surface area contributed by atoms with Gasteiger partial charge in [0, 0.05) is 11.1 Å². The molecule has 50 valence electrons. The summed E-state index contributed by atoms with van der Waals surface area (Å²) in [6.07, 6.45) is 1.62. The Balaban J connectivity index is 2.61. The Kier molecular flexibility index (Phi) is 2.41. The number of halogens is 1. The molecule has 0 fully saturated rings. The summed E-state index contributed by atoms with van der Waals surface area (Å²) in [5.41, 5.74) is 2.01. The van der Waals surface area contributed by atoms with E-state index in [0.29, 0.717) is 11.0 Å². The summed E-state index contributed by atoms with van der Waals surface area (Å²) in [6.45, 7) is 0.407. The number of aromatic nitrogens is 1. The molecule has 1 aromatic heterocycles. The highest BCUT2D eigenvalue weighted by Gasteiger charge is 1.95. The topological polar surface area (TPSA) is 45.1 Å². The zero-order valence-corrected chi connectivity index (χ0v) is 6.04. The molecule has 2 N–H and O–H groups in total. The van der Waals surface area contributed by atoms with Gasteiger partial charge in [0.05, 0.1) is 6.54 Å². The van der Waals surface area contributed by atoms with Crippen molar-refractivity contribution >= 4 is 22.9 Å². The molecule has 0 aliphatic heterocycles. The Morgan fingerprint density at radius 3 is 3.11 bits per heavy atom. The Hall–Kier alpha value is -0.160. The molecular formula is C4H5ClN2OS. The number of nitrogens with zero attached hydrogens (tertiary/aromatic N) is 1. The van der Waals surface area contributed by atoms with E-state index in [1.807, 2.05) is 5.48 Å².